The lowest BCUT2D eigenvalue weighted by Gasteiger charge is -2.21. The highest BCUT2D eigenvalue weighted by Gasteiger charge is 2.28. The zero-order chi connectivity index (χ0) is 19.6. The SMILES string of the molecule is Cc1ccccc1Oc1cncc2cccc(S(=O)(=O)N3CCCNCC3)c12. The average molecular weight is 398 g/mol. The molecule has 7 heteroatoms. The van der Waals surface area contributed by atoms with Crippen molar-refractivity contribution in [3.05, 3.63) is 60.4 Å². The molecule has 0 bridgehead atoms. The van der Waals surface area contributed by atoms with Crippen LogP contribution < -0.4 is 10.1 Å². The number of hydrogen-bond acceptors (Lipinski definition) is 5. The largest absolute Gasteiger partial charge is 0.455 e. The molecule has 146 valence electrons. The van der Waals surface area contributed by atoms with E-state index in [1.165, 1.54) is 0 Å². The molecule has 1 N–H and O–H groups in total. The second kappa shape index (κ2) is 7.87. The van der Waals surface area contributed by atoms with Gasteiger partial charge in [-0.05, 0) is 37.6 Å². The van der Waals surface area contributed by atoms with Gasteiger partial charge in [0.1, 0.15) is 5.75 Å². The van der Waals surface area contributed by atoms with Gasteiger partial charge in [-0.15, -0.1) is 0 Å². The van der Waals surface area contributed by atoms with Crippen molar-refractivity contribution in [3.63, 3.8) is 0 Å². The zero-order valence-electron chi connectivity index (χ0n) is 15.8. The summed E-state index contributed by atoms with van der Waals surface area (Å²) in [5.41, 5.74) is 0.971. The molecule has 0 atom stereocenters. The molecule has 0 spiro atoms. The molecule has 1 aromatic heterocycles. The van der Waals surface area contributed by atoms with E-state index in [4.69, 9.17) is 4.74 Å². The fourth-order valence-electron chi connectivity index (χ4n) is 3.45. The molecule has 0 saturated carbocycles. The highest BCUT2D eigenvalue weighted by Crippen LogP contribution is 2.35. The van der Waals surface area contributed by atoms with Gasteiger partial charge in [0.15, 0.2) is 5.75 Å². The summed E-state index contributed by atoms with van der Waals surface area (Å²) < 4.78 is 34.6. The Hall–Kier alpha value is -2.48. The highest BCUT2D eigenvalue weighted by atomic mass is 32.2. The molecule has 0 radical (unpaired) electrons. The molecule has 28 heavy (non-hydrogen) atoms. The Bertz CT molecular complexity index is 1090. The van der Waals surface area contributed by atoms with Crippen molar-refractivity contribution in [1.82, 2.24) is 14.6 Å². The molecular formula is C21H23N3O3S. The number of aryl methyl sites for hydroxylation is 1. The molecule has 3 aromatic rings. The van der Waals surface area contributed by atoms with E-state index in [0.717, 1.165) is 23.9 Å². The molecule has 1 saturated heterocycles. The maximum Gasteiger partial charge on any atom is 0.243 e. The number of sulfonamides is 1. The van der Waals surface area contributed by atoms with E-state index in [1.54, 1.807) is 28.8 Å². The number of aromatic nitrogens is 1. The molecule has 4 rings (SSSR count). The van der Waals surface area contributed by atoms with E-state index in [2.05, 4.69) is 10.3 Å². The Labute approximate surface area is 165 Å². The number of rotatable bonds is 4. The summed E-state index contributed by atoms with van der Waals surface area (Å²) in [5, 5.41) is 4.55. The quantitative estimate of drug-likeness (QED) is 0.731. The van der Waals surface area contributed by atoms with Gasteiger partial charge in [0, 0.05) is 36.6 Å². The molecule has 1 aliphatic rings. The number of fused-ring (bicyclic) bond motifs is 1. The van der Waals surface area contributed by atoms with Gasteiger partial charge in [-0.25, -0.2) is 8.42 Å². The Balaban J connectivity index is 1.84. The number of nitrogens with zero attached hydrogens (tertiary/aromatic N) is 2. The van der Waals surface area contributed by atoms with Gasteiger partial charge >= 0.3 is 0 Å². The Morgan fingerprint density at radius 3 is 2.71 bits per heavy atom. The van der Waals surface area contributed by atoms with Crippen molar-refractivity contribution in [2.24, 2.45) is 0 Å². The average Bonchev–Trinajstić information content (AvgIpc) is 2.99. The zero-order valence-corrected chi connectivity index (χ0v) is 16.6. The Morgan fingerprint density at radius 2 is 1.86 bits per heavy atom. The first-order valence-electron chi connectivity index (χ1n) is 9.38. The Kier molecular flexibility index (Phi) is 5.30. The predicted octanol–water partition coefficient (Wildman–Crippen LogP) is 3.32. The molecular weight excluding hydrogens is 374 g/mol. The number of pyridine rings is 1. The van der Waals surface area contributed by atoms with Crippen LogP contribution in [0.4, 0.5) is 0 Å². The van der Waals surface area contributed by atoms with Crippen LogP contribution in [0.2, 0.25) is 0 Å². The van der Waals surface area contributed by atoms with E-state index in [9.17, 15) is 8.42 Å². The number of para-hydroxylation sites is 1. The standard InChI is InChI=1S/C21H23N3O3S/c1-16-6-2-3-8-18(16)27-19-15-23-14-17-7-4-9-20(21(17)19)28(25,26)24-12-5-10-22-11-13-24/h2-4,6-9,14-15,22H,5,10-13H2,1H3. The van der Waals surface area contributed by atoms with Gasteiger partial charge in [-0.2, -0.15) is 4.31 Å². The third kappa shape index (κ3) is 3.61. The molecule has 0 unspecified atom stereocenters. The third-order valence-corrected chi connectivity index (χ3v) is 6.88. The summed E-state index contributed by atoms with van der Waals surface area (Å²) in [6, 6.07) is 12.9. The van der Waals surface area contributed by atoms with Crippen molar-refractivity contribution in [2.45, 2.75) is 18.2 Å². The first-order chi connectivity index (χ1) is 13.6. The van der Waals surface area contributed by atoms with Gasteiger partial charge in [-0.1, -0.05) is 30.3 Å². The third-order valence-electron chi connectivity index (χ3n) is 4.94. The van der Waals surface area contributed by atoms with E-state index >= 15 is 0 Å². The van der Waals surface area contributed by atoms with Crippen molar-refractivity contribution < 1.29 is 13.2 Å². The van der Waals surface area contributed by atoms with Gasteiger partial charge in [0.2, 0.25) is 10.0 Å². The topological polar surface area (TPSA) is 71.5 Å². The molecule has 2 heterocycles. The number of ether oxygens (including phenoxy) is 1. The first kappa shape index (κ1) is 18.9. The second-order valence-electron chi connectivity index (χ2n) is 6.87. The fraction of sp³-hybridized carbons (Fsp3) is 0.286. The van der Waals surface area contributed by atoms with Gasteiger partial charge in [-0.3, -0.25) is 4.98 Å². The van der Waals surface area contributed by atoms with E-state index in [0.29, 0.717) is 36.5 Å². The minimum atomic E-state index is -3.65. The normalized spacial score (nSPS) is 16.0. The molecule has 0 aliphatic carbocycles. The van der Waals surface area contributed by atoms with Crippen LogP contribution in [0.15, 0.2) is 59.8 Å². The monoisotopic (exact) mass is 397 g/mol. The maximum atomic E-state index is 13.4. The van der Waals surface area contributed by atoms with Crippen LogP contribution >= 0.6 is 0 Å². The van der Waals surface area contributed by atoms with E-state index in [1.807, 2.05) is 37.3 Å². The molecule has 0 amide bonds. The number of nitrogens with one attached hydrogen (secondary N) is 1. The van der Waals surface area contributed by atoms with Gasteiger partial charge < -0.3 is 10.1 Å². The van der Waals surface area contributed by atoms with Crippen molar-refractivity contribution in [1.29, 1.82) is 0 Å². The van der Waals surface area contributed by atoms with Crippen LogP contribution in [0.1, 0.15) is 12.0 Å². The van der Waals surface area contributed by atoms with Crippen molar-refractivity contribution >= 4 is 20.8 Å². The minimum absolute atomic E-state index is 0.262. The second-order valence-corrected chi connectivity index (χ2v) is 8.77. The lowest BCUT2D eigenvalue weighted by molar-refractivity contribution is 0.432. The van der Waals surface area contributed by atoms with Crippen LogP contribution in [0, 0.1) is 6.92 Å². The molecule has 6 nitrogen and oxygen atoms in total. The van der Waals surface area contributed by atoms with Crippen LogP contribution in [-0.4, -0.2) is 43.9 Å². The van der Waals surface area contributed by atoms with Gasteiger partial charge in [0.05, 0.1) is 11.1 Å². The number of benzene rings is 2. The summed E-state index contributed by atoms with van der Waals surface area (Å²) in [5.74, 6) is 1.13. The van der Waals surface area contributed by atoms with E-state index in [-0.39, 0.29) is 4.90 Å². The Morgan fingerprint density at radius 1 is 1.00 bits per heavy atom. The first-order valence-corrected chi connectivity index (χ1v) is 10.8. The smallest absolute Gasteiger partial charge is 0.243 e. The van der Waals surface area contributed by atoms with Crippen molar-refractivity contribution in [2.75, 3.05) is 26.2 Å². The van der Waals surface area contributed by atoms with Crippen molar-refractivity contribution in [3.8, 4) is 11.5 Å². The molecule has 1 aliphatic heterocycles. The minimum Gasteiger partial charge on any atom is -0.455 e. The molecule has 2 aromatic carbocycles. The highest BCUT2D eigenvalue weighted by molar-refractivity contribution is 7.89. The van der Waals surface area contributed by atoms with Crippen LogP contribution in [0.5, 0.6) is 11.5 Å². The number of hydrogen-bond donors (Lipinski definition) is 1. The summed E-state index contributed by atoms with van der Waals surface area (Å²) in [7, 11) is -3.65. The fourth-order valence-corrected chi connectivity index (χ4v) is 5.16. The van der Waals surface area contributed by atoms with Crippen LogP contribution in [0.25, 0.3) is 10.8 Å². The maximum absolute atomic E-state index is 13.4. The summed E-state index contributed by atoms with van der Waals surface area (Å²) in [6.45, 7) is 4.39. The lowest BCUT2D eigenvalue weighted by Crippen LogP contribution is -2.34. The predicted molar refractivity (Wildman–Crippen MR) is 109 cm³/mol. The lowest BCUT2D eigenvalue weighted by atomic mass is 10.1. The summed E-state index contributed by atoms with van der Waals surface area (Å²) >= 11 is 0. The van der Waals surface area contributed by atoms with Crippen LogP contribution in [-0.2, 0) is 10.0 Å². The summed E-state index contributed by atoms with van der Waals surface area (Å²) in [6.07, 6.45) is 4.04. The van der Waals surface area contributed by atoms with Crippen LogP contribution in [0.3, 0.4) is 0 Å². The summed E-state index contributed by atoms with van der Waals surface area (Å²) in [4.78, 5) is 4.51. The van der Waals surface area contributed by atoms with Gasteiger partial charge in [0.25, 0.3) is 0 Å². The molecule has 1 fully saturated rings. The van der Waals surface area contributed by atoms with E-state index < -0.39 is 10.0 Å².